The molecule has 0 amide bonds. The van der Waals surface area contributed by atoms with Gasteiger partial charge in [0, 0.05) is 17.2 Å². The Balaban J connectivity index is 1.54. The Hall–Kier alpha value is -4.44. The largest absolute Gasteiger partial charge is 0.496 e. The number of benzene rings is 3. The van der Waals surface area contributed by atoms with Crippen molar-refractivity contribution in [3.05, 3.63) is 94.9 Å². The van der Waals surface area contributed by atoms with Gasteiger partial charge in [0.05, 0.1) is 25.2 Å². The van der Waals surface area contributed by atoms with Crippen molar-refractivity contribution in [2.75, 3.05) is 13.7 Å². The molecular weight excluding hydrogens is 456 g/mol. The molecule has 2 N–H and O–H groups in total. The third kappa shape index (κ3) is 5.28. The molecule has 1 aliphatic rings. The zero-order chi connectivity index (χ0) is 25.5. The molecule has 1 unspecified atom stereocenters. The first kappa shape index (κ1) is 24.7. The molecule has 0 saturated heterocycles. The average molecular weight is 485 g/mol. The third-order valence-electron chi connectivity index (χ3n) is 5.96. The van der Waals surface area contributed by atoms with Gasteiger partial charge in [-0.15, -0.1) is 0 Å². The van der Waals surface area contributed by atoms with Crippen molar-refractivity contribution in [1.29, 1.82) is 5.26 Å². The number of nitrogens with two attached hydrogens (primary N) is 1. The highest BCUT2D eigenvalue weighted by molar-refractivity contribution is 5.91. The highest BCUT2D eigenvalue weighted by atomic mass is 16.5. The first-order valence-corrected chi connectivity index (χ1v) is 11.8. The SMILES string of the molecule is CCCCCOc1ccc(C(=O)Oc2ccc3c(c2)OC(N)=C(C#N)C3c2ccccc2OC)cc1. The van der Waals surface area contributed by atoms with Crippen molar-refractivity contribution >= 4 is 5.97 Å². The highest BCUT2D eigenvalue weighted by Gasteiger charge is 2.32. The van der Waals surface area contributed by atoms with Crippen LogP contribution in [0.4, 0.5) is 0 Å². The molecule has 0 saturated carbocycles. The summed E-state index contributed by atoms with van der Waals surface area (Å²) in [5, 5.41) is 9.79. The van der Waals surface area contributed by atoms with Crippen LogP contribution in [0.5, 0.6) is 23.0 Å². The summed E-state index contributed by atoms with van der Waals surface area (Å²) in [6, 6.07) is 21.5. The Bertz CT molecular complexity index is 1310. The number of rotatable bonds is 9. The zero-order valence-electron chi connectivity index (χ0n) is 20.3. The van der Waals surface area contributed by atoms with Crippen LogP contribution < -0.4 is 24.7 Å². The smallest absolute Gasteiger partial charge is 0.343 e. The normalized spacial score (nSPS) is 14.3. The Kier molecular flexibility index (Phi) is 7.76. The van der Waals surface area contributed by atoms with E-state index in [-0.39, 0.29) is 11.5 Å². The number of ether oxygens (including phenoxy) is 4. The second-order valence-corrected chi connectivity index (χ2v) is 8.34. The van der Waals surface area contributed by atoms with Gasteiger partial charge in [0.2, 0.25) is 5.88 Å². The molecule has 36 heavy (non-hydrogen) atoms. The van der Waals surface area contributed by atoms with Gasteiger partial charge in [-0.3, -0.25) is 0 Å². The number of hydrogen-bond acceptors (Lipinski definition) is 7. The van der Waals surface area contributed by atoms with Crippen molar-refractivity contribution in [1.82, 2.24) is 0 Å². The van der Waals surface area contributed by atoms with Crippen LogP contribution >= 0.6 is 0 Å². The number of carbonyl (C=O) groups is 1. The maximum absolute atomic E-state index is 12.7. The average Bonchev–Trinajstić information content (AvgIpc) is 2.90. The van der Waals surface area contributed by atoms with E-state index in [1.165, 1.54) is 0 Å². The predicted octanol–water partition coefficient (Wildman–Crippen LogP) is 5.70. The van der Waals surface area contributed by atoms with Gasteiger partial charge in [0.25, 0.3) is 0 Å². The molecule has 7 nitrogen and oxygen atoms in total. The summed E-state index contributed by atoms with van der Waals surface area (Å²) in [5.74, 6) is 1.05. The number of allylic oxidation sites excluding steroid dienone is 1. The molecule has 1 heterocycles. The zero-order valence-corrected chi connectivity index (χ0v) is 20.3. The van der Waals surface area contributed by atoms with E-state index in [2.05, 4.69) is 13.0 Å². The van der Waals surface area contributed by atoms with Crippen LogP contribution in [-0.4, -0.2) is 19.7 Å². The van der Waals surface area contributed by atoms with E-state index in [4.69, 9.17) is 24.7 Å². The molecule has 0 spiro atoms. The minimum absolute atomic E-state index is 0.00101. The topological polar surface area (TPSA) is 104 Å². The van der Waals surface area contributed by atoms with Crippen LogP contribution in [0.15, 0.2) is 78.2 Å². The van der Waals surface area contributed by atoms with Gasteiger partial charge < -0.3 is 24.7 Å². The number of nitriles is 1. The molecule has 0 bridgehead atoms. The maximum atomic E-state index is 12.7. The lowest BCUT2D eigenvalue weighted by Gasteiger charge is -2.27. The van der Waals surface area contributed by atoms with E-state index in [1.807, 2.05) is 24.3 Å². The molecule has 0 aliphatic carbocycles. The molecule has 1 atom stereocenters. The number of unbranched alkanes of at least 4 members (excludes halogenated alkanes) is 2. The summed E-state index contributed by atoms with van der Waals surface area (Å²) < 4.78 is 22.5. The first-order valence-electron chi connectivity index (χ1n) is 11.8. The van der Waals surface area contributed by atoms with Crippen LogP contribution in [0.1, 0.15) is 53.6 Å². The van der Waals surface area contributed by atoms with Gasteiger partial charge in [-0.1, -0.05) is 44.0 Å². The molecule has 184 valence electrons. The summed E-state index contributed by atoms with van der Waals surface area (Å²) in [4.78, 5) is 12.7. The van der Waals surface area contributed by atoms with Crippen LogP contribution in [0.2, 0.25) is 0 Å². The van der Waals surface area contributed by atoms with Crippen LogP contribution in [-0.2, 0) is 0 Å². The number of methoxy groups -OCH3 is 1. The van der Waals surface area contributed by atoms with Crippen molar-refractivity contribution < 1.29 is 23.7 Å². The van der Waals surface area contributed by atoms with Gasteiger partial charge in [-0.05, 0) is 42.8 Å². The molecule has 4 rings (SSSR count). The van der Waals surface area contributed by atoms with E-state index in [0.29, 0.717) is 35.2 Å². The fraction of sp³-hybridized carbons (Fsp3) is 0.241. The minimum atomic E-state index is -0.509. The van der Waals surface area contributed by atoms with Crippen molar-refractivity contribution in [2.24, 2.45) is 5.73 Å². The Morgan fingerprint density at radius 2 is 1.78 bits per heavy atom. The number of hydrogen-bond donors (Lipinski definition) is 1. The lowest BCUT2D eigenvalue weighted by molar-refractivity contribution is 0.0734. The lowest BCUT2D eigenvalue weighted by Crippen LogP contribution is -2.21. The second kappa shape index (κ2) is 11.3. The summed E-state index contributed by atoms with van der Waals surface area (Å²) in [6.07, 6.45) is 3.24. The molecule has 3 aromatic rings. The molecule has 0 fully saturated rings. The van der Waals surface area contributed by atoms with Crippen molar-refractivity contribution in [3.8, 4) is 29.1 Å². The van der Waals surface area contributed by atoms with E-state index < -0.39 is 11.9 Å². The third-order valence-corrected chi connectivity index (χ3v) is 5.96. The number of para-hydroxylation sites is 1. The Morgan fingerprint density at radius 3 is 2.50 bits per heavy atom. The van der Waals surface area contributed by atoms with Gasteiger partial charge in [-0.2, -0.15) is 5.26 Å². The lowest BCUT2D eigenvalue weighted by atomic mass is 9.83. The van der Waals surface area contributed by atoms with Gasteiger partial charge in [0.15, 0.2) is 0 Å². The molecule has 0 radical (unpaired) electrons. The molecule has 3 aromatic carbocycles. The second-order valence-electron chi connectivity index (χ2n) is 8.34. The summed E-state index contributed by atoms with van der Waals surface area (Å²) in [7, 11) is 1.58. The molecule has 0 aromatic heterocycles. The van der Waals surface area contributed by atoms with Gasteiger partial charge >= 0.3 is 5.97 Å². The fourth-order valence-corrected chi connectivity index (χ4v) is 4.12. The predicted molar refractivity (Wildman–Crippen MR) is 135 cm³/mol. The quantitative estimate of drug-likeness (QED) is 0.236. The van der Waals surface area contributed by atoms with E-state index in [9.17, 15) is 10.1 Å². The highest BCUT2D eigenvalue weighted by Crippen LogP contribution is 2.45. The van der Waals surface area contributed by atoms with E-state index in [1.54, 1.807) is 49.6 Å². The van der Waals surface area contributed by atoms with E-state index in [0.717, 1.165) is 30.4 Å². The fourth-order valence-electron chi connectivity index (χ4n) is 4.12. The maximum Gasteiger partial charge on any atom is 0.343 e. The summed E-state index contributed by atoms with van der Waals surface area (Å²) in [6.45, 7) is 2.79. The van der Waals surface area contributed by atoms with Gasteiger partial charge in [0.1, 0.15) is 34.6 Å². The Morgan fingerprint density at radius 1 is 1.03 bits per heavy atom. The number of nitrogens with zero attached hydrogens (tertiary/aromatic N) is 1. The number of carbonyl (C=O) groups excluding carboxylic acids is 1. The van der Waals surface area contributed by atoms with Crippen LogP contribution in [0.25, 0.3) is 0 Å². The van der Waals surface area contributed by atoms with Crippen molar-refractivity contribution in [2.45, 2.75) is 32.1 Å². The monoisotopic (exact) mass is 484 g/mol. The molecule has 7 heteroatoms. The Labute approximate surface area is 210 Å². The first-order chi connectivity index (χ1) is 17.5. The minimum Gasteiger partial charge on any atom is -0.496 e. The standard InChI is InChI=1S/C29H28N2O5/c1-3-4-7-16-34-20-12-10-19(11-13-20)29(32)35-21-14-15-23-26(17-21)36-28(31)24(18-30)27(23)22-8-5-6-9-25(22)33-2/h5-6,8-15,17,27H,3-4,7,16,31H2,1-2H3. The molecule has 1 aliphatic heterocycles. The molecular formula is C29H28N2O5. The van der Waals surface area contributed by atoms with Gasteiger partial charge in [-0.25, -0.2) is 4.79 Å². The van der Waals surface area contributed by atoms with E-state index >= 15 is 0 Å². The van der Waals surface area contributed by atoms with Crippen molar-refractivity contribution in [3.63, 3.8) is 0 Å². The summed E-state index contributed by atoms with van der Waals surface area (Å²) in [5.41, 5.74) is 8.29. The number of esters is 1. The summed E-state index contributed by atoms with van der Waals surface area (Å²) >= 11 is 0. The van der Waals surface area contributed by atoms with Crippen LogP contribution in [0.3, 0.4) is 0 Å². The number of fused-ring (bicyclic) bond motifs is 1. The van der Waals surface area contributed by atoms with Crippen LogP contribution in [0, 0.1) is 11.3 Å².